The predicted molar refractivity (Wildman–Crippen MR) is 94.7 cm³/mol. The summed E-state index contributed by atoms with van der Waals surface area (Å²) in [5, 5.41) is 10.1. The van der Waals surface area contributed by atoms with Crippen LogP contribution in [0.25, 0.3) is 0 Å². The second-order valence-electron chi connectivity index (χ2n) is 9.43. The van der Waals surface area contributed by atoms with Crippen molar-refractivity contribution in [3.8, 4) is 5.75 Å². The highest BCUT2D eigenvalue weighted by molar-refractivity contribution is 5.50. The molecule has 0 amide bonds. The van der Waals surface area contributed by atoms with Crippen molar-refractivity contribution in [2.75, 3.05) is 0 Å². The van der Waals surface area contributed by atoms with Crippen LogP contribution in [0.3, 0.4) is 0 Å². The van der Waals surface area contributed by atoms with E-state index in [0.717, 1.165) is 6.42 Å². The molecule has 5 atom stereocenters. The third-order valence-corrected chi connectivity index (χ3v) is 7.94. The van der Waals surface area contributed by atoms with E-state index in [-0.39, 0.29) is 11.0 Å². The minimum atomic E-state index is -0.0136. The number of rotatable bonds is 0. The Hall–Kier alpha value is -1.02. The summed E-state index contributed by atoms with van der Waals surface area (Å²) in [6.07, 6.45) is 7.34. The number of aryl methyl sites for hydroxylation is 1. The van der Waals surface area contributed by atoms with Crippen LogP contribution in [0, 0.1) is 24.2 Å². The number of phenols is 1. The van der Waals surface area contributed by atoms with Crippen LogP contribution in [0.1, 0.15) is 69.6 Å². The largest absolute Gasteiger partial charge is 0.508 e. The van der Waals surface area contributed by atoms with E-state index in [1.165, 1.54) is 48.8 Å². The normalized spacial score (nSPS) is 45.3. The van der Waals surface area contributed by atoms with E-state index in [2.05, 4.69) is 27.7 Å². The highest BCUT2D eigenvalue weighted by Crippen LogP contribution is 2.65. The van der Waals surface area contributed by atoms with Crippen molar-refractivity contribution in [3.05, 3.63) is 28.8 Å². The van der Waals surface area contributed by atoms with Gasteiger partial charge in [-0.2, -0.15) is 0 Å². The maximum atomic E-state index is 10.1. The zero-order valence-electron chi connectivity index (χ0n) is 15.1. The molecule has 2 saturated carbocycles. The van der Waals surface area contributed by atoms with E-state index in [4.69, 9.17) is 5.73 Å². The Kier molecular flexibility index (Phi) is 3.06. The van der Waals surface area contributed by atoms with Gasteiger partial charge >= 0.3 is 0 Å². The summed E-state index contributed by atoms with van der Waals surface area (Å²) in [4.78, 5) is 0. The van der Waals surface area contributed by atoms with Gasteiger partial charge in [0.2, 0.25) is 0 Å². The lowest BCUT2D eigenvalue weighted by Gasteiger charge is -2.61. The Morgan fingerprint density at radius 2 is 1.83 bits per heavy atom. The molecule has 126 valence electrons. The number of benzene rings is 1. The second-order valence-corrected chi connectivity index (χ2v) is 9.43. The van der Waals surface area contributed by atoms with Gasteiger partial charge in [-0.25, -0.2) is 0 Å². The number of nitrogens with two attached hydrogens (primary N) is 1. The Balaban J connectivity index is 1.84. The lowest BCUT2D eigenvalue weighted by atomic mass is 9.45. The standard InChI is InChI=1S/C21H31NO/c1-13-10-15(23)11-14-12-17-19(2)7-5-8-21(4,22)16(19)6-9-20(17,3)18(13)14/h10-11,16-17,23H,5-9,12,22H2,1-4H3/t16?,17-,19+,20-,21?/m0/s1. The van der Waals surface area contributed by atoms with E-state index >= 15 is 0 Å². The first-order valence-electron chi connectivity index (χ1n) is 9.30. The molecule has 0 bridgehead atoms. The Morgan fingerprint density at radius 1 is 1.09 bits per heavy atom. The van der Waals surface area contributed by atoms with E-state index in [1.54, 1.807) is 0 Å². The monoisotopic (exact) mass is 313 g/mol. The number of fused-ring (bicyclic) bond motifs is 5. The number of hydrogen-bond acceptors (Lipinski definition) is 2. The van der Waals surface area contributed by atoms with Crippen molar-refractivity contribution in [2.24, 2.45) is 23.0 Å². The molecule has 0 aromatic heterocycles. The molecule has 0 spiro atoms. The van der Waals surface area contributed by atoms with Crippen LogP contribution in [0.4, 0.5) is 0 Å². The summed E-state index contributed by atoms with van der Waals surface area (Å²) in [5.74, 6) is 1.72. The van der Waals surface area contributed by atoms with Gasteiger partial charge in [-0.05, 0) is 97.4 Å². The lowest BCUT2D eigenvalue weighted by molar-refractivity contribution is -0.0727. The minimum Gasteiger partial charge on any atom is -0.508 e. The molecule has 0 saturated heterocycles. The van der Waals surface area contributed by atoms with Crippen molar-refractivity contribution in [1.82, 2.24) is 0 Å². The zero-order chi connectivity index (χ0) is 16.6. The van der Waals surface area contributed by atoms with Crippen molar-refractivity contribution in [1.29, 1.82) is 0 Å². The molecule has 3 N–H and O–H groups in total. The van der Waals surface area contributed by atoms with Gasteiger partial charge in [-0.3, -0.25) is 0 Å². The summed E-state index contributed by atoms with van der Waals surface area (Å²) >= 11 is 0. The van der Waals surface area contributed by atoms with E-state index in [1.807, 2.05) is 12.1 Å². The van der Waals surface area contributed by atoms with Crippen LogP contribution in [0.5, 0.6) is 5.75 Å². The molecule has 0 radical (unpaired) electrons. The van der Waals surface area contributed by atoms with E-state index < -0.39 is 0 Å². The molecule has 2 unspecified atom stereocenters. The molecule has 3 aliphatic carbocycles. The van der Waals surface area contributed by atoms with Crippen LogP contribution in [0.15, 0.2) is 12.1 Å². The summed E-state index contributed by atoms with van der Waals surface area (Å²) in [6, 6.07) is 3.98. The van der Waals surface area contributed by atoms with E-state index in [0.29, 0.717) is 23.0 Å². The molecule has 2 nitrogen and oxygen atoms in total. The molecule has 2 fully saturated rings. The maximum Gasteiger partial charge on any atom is 0.116 e. The first-order valence-corrected chi connectivity index (χ1v) is 9.30. The van der Waals surface area contributed by atoms with Gasteiger partial charge in [-0.15, -0.1) is 0 Å². The van der Waals surface area contributed by atoms with Crippen LogP contribution < -0.4 is 5.73 Å². The topological polar surface area (TPSA) is 46.2 Å². The average molecular weight is 313 g/mol. The summed E-state index contributed by atoms with van der Waals surface area (Å²) < 4.78 is 0. The smallest absolute Gasteiger partial charge is 0.116 e. The molecule has 1 aromatic rings. The molecule has 3 aliphatic rings. The lowest BCUT2D eigenvalue weighted by Crippen LogP contribution is -2.61. The molecule has 0 heterocycles. The third-order valence-electron chi connectivity index (χ3n) is 7.94. The van der Waals surface area contributed by atoms with Crippen molar-refractivity contribution >= 4 is 0 Å². The van der Waals surface area contributed by atoms with Gasteiger partial charge in [0.15, 0.2) is 0 Å². The van der Waals surface area contributed by atoms with Crippen molar-refractivity contribution < 1.29 is 5.11 Å². The Morgan fingerprint density at radius 3 is 2.57 bits per heavy atom. The van der Waals surface area contributed by atoms with Crippen LogP contribution in [-0.2, 0) is 11.8 Å². The molecule has 23 heavy (non-hydrogen) atoms. The number of aromatic hydroxyl groups is 1. The van der Waals surface area contributed by atoms with Gasteiger partial charge in [0.1, 0.15) is 5.75 Å². The fourth-order valence-corrected chi connectivity index (χ4v) is 7.17. The Labute approximate surface area is 140 Å². The SMILES string of the molecule is Cc1cc(O)cc2c1[C@@]1(C)CCC3C(C)(N)CCC[C@@]3(C)[C@@H]1C2. The van der Waals surface area contributed by atoms with Crippen LogP contribution in [0.2, 0.25) is 0 Å². The highest BCUT2D eigenvalue weighted by atomic mass is 16.3. The quantitative estimate of drug-likeness (QED) is 0.743. The third kappa shape index (κ3) is 1.91. The second kappa shape index (κ2) is 4.53. The molecule has 4 rings (SSSR count). The Bertz CT molecular complexity index is 664. The fraction of sp³-hybridized carbons (Fsp3) is 0.714. The summed E-state index contributed by atoms with van der Waals surface area (Å²) in [6.45, 7) is 9.47. The number of hydrogen-bond donors (Lipinski definition) is 2. The first-order chi connectivity index (χ1) is 10.7. The zero-order valence-corrected chi connectivity index (χ0v) is 15.1. The van der Waals surface area contributed by atoms with Gasteiger partial charge in [-0.1, -0.05) is 20.3 Å². The molecular formula is C21H31NO. The van der Waals surface area contributed by atoms with Gasteiger partial charge < -0.3 is 10.8 Å². The molecule has 0 aliphatic heterocycles. The van der Waals surface area contributed by atoms with Crippen molar-refractivity contribution in [3.63, 3.8) is 0 Å². The van der Waals surface area contributed by atoms with Crippen molar-refractivity contribution in [2.45, 2.75) is 77.2 Å². The summed E-state index contributed by atoms with van der Waals surface area (Å²) in [5.41, 5.74) is 11.5. The average Bonchev–Trinajstić information content (AvgIpc) is 2.71. The maximum absolute atomic E-state index is 10.1. The number of phenolic OH excluding ortho intramolecular Hbond substituents is 1. The molecule has 2 heteroatoms. The van der Waals surface area contributed by atoms with Gasteiger partial charge in [0.25, 0.3) is 0 Å². The van der Waals surface area contributed by atoms with E-state index in [9.17, 15) is 5.11 Å². The minimum absolute atomic E-state index is 0.0136. The van der Waals surface area contributed by atoms with Gasteiger partial charge in [0.05, 0.1) is 0 Å². The fourth-order valence-electron chi connectivity index (χ4n) is 7.17. The molecule has 1 aromatic carbocycles. The summed E-state index contributed by atoms with van der Waals surface area (Å²) in [7, 11) is 0. The first kappa shape index (κ1) is 15.5. The predicted octanol–water partition coefficient (Wildman–Crippen LogP) is 4.45. The van der Waals surface area contributed by atoms with Crippen LogP contribution in [-0.4, -0.2) is 10.6 Å². The highest BCUT2D eigenvalue weighted by Gasteiger charge is 2.61. The van der Waals surface area contributed by atoms with Crippen LogP contribution >= 0.6 is 0 Å². The van der Waals surface area contributed by atoms with Gasteiger partial charge in [0, 0.05) is 5.54 Å². The molecular weight excluding hydrogens is 282 g/mol.